The number of hydrogen-bond acceptors (Lipinski definition) is 1. The lowest BCUT2D eigenvalue weighted by molar-refractivity contribution is 0.0476. The minimum absolute atomic E-state index is 0.478. The van der Waals surface area contributed by atoms with Gasteiger partial charge >= 0.3 is 0 Å². The van der Waals surface area contributed by atoms with E-state index >= 15 is 0 Å². The van der Waals surface area contributed by atoms with Crippen molar-refractivity contribution < 1.29 is 5.11 Å². The summed E-state index contributed by atoms with van der Waals surface area (Å²) < 4.78 is 0. The summed E-state index contributed by atoms with van der Waals surface area (Å²) in [6.45, 7) is 6.83. The molecule has 3 atom stereocenters. The van der Waals surface area contributed by atoms with Crippen LogP contribution in [0.15, 0.2) is 0 Å². The van der Waals surface area contributed by atoms with Gasteiger partial charge in [0.2, 0.25) is 0 Å². The molecule has 0 saturated heterocycles. The smallest absolute Gasteiger partial charge is 0.0806 e. The summed E-state index contributed by atoms with van der Waals surface area (Å²) in [6, 6.07) is 0. The highest BCUT2D eigenvalue weighted by atomic mass is 31.0. The summed E-state index contributed by atoms with van der Waals surface area (Å²) >= 11 is 0. The minimum Gasteiger partial charge on any atom is -0.386 e. The Morgan fingerprint density at radius 2 is 0.923 bits per heavy atom. The SMILES string of the molecule is CCCCCCCCC(CCCCCC)C(O)(P)CCCCCCCC. The summed E-state index contributed by atoms with van der Waals surface area (Å²) in [6.07, 6.45) is 24.6. The third-order valence-corrected chi connectivity index (χ3v) is 6.71. The summed E-state index contributed by atoms with van der Waals surface area (Å²) in [5.41, 5.74) is 0. The zero-order chi connectivity index (χ0) is 19.5. The molecule has 0 fully saturated rings. The third kappa shape index (κ3) is 15.4. The molecule has 0 bridgehead atoms. The van der Waals surface area contributed by atoms with Crippen molar-refractivity contribution in [3.8, 4) is 0 Å². The molecule has 0 aliphatic carbocycles. The van der Waals surface area contributed by atoms with E-state index < -0.39 is 5.34 Å². The second-order valence-corrected chi connectivity index (χ2v) is 9.61. The van der Waals surface area contributed by atoms with E-state index in [2.05, 4.69) is 30.0 Å². The molecule has 26 heavy (non-hydrogen) atoms. The van der Waals surface area contributed by atoms with E-state index in [9.17, 15) is 5.11 Å². The quantitative estimate of drug-likeness (QED) is 0.164. The van der Waals surface area contributed by atoms with Crippen LogP contribution in [0.1, 0.15) is 143 Å². The van der Waals surface area contributed by atoms with Gasteiger partial charge in [-0.05, 0) is 25.2 Å². The Morgan fingerprint density at radius 1 is 0.577 bits per heavy atom. The molecule has 0 amide bonds. The fourth-order valence-electron chi connectivity index (χ4n) is 4.03. The van der Waals surface area contributed by atoms with Crippen molar-refractivity contribution in [2.75, 3.05) is 0 Å². The van der Waals surface area contributed by atoms with Gasteiger partial charge < -0.3 is 5.11 Å². The highest BCUT2D eigenvalue weighted by Gasteiger charge is 2.30. The maximum atomic E-state index is 11.1. The monoisotopic (exact) mass is 386 g/mol. The zero-order valence-electron chi connectivity index (χ0n) is 18.5. The van der Waals surface area contributed by atoms with Gasteiger partial charge in [0.25, 0.3) is 0 Å². The van der Waals surface area contributed by atoms with Crippen LogP contribution < -0.4 is 0 Å². The van der Waals surface area contributed by atoms with E-state index in [1.807, 2.05) is 0 Å². The molecule has 0 heterocycles. The van der Waals surface area contributed by atoms with Gasteiger partial charge in [0, 0.05) is 0 Å². The molecule has 3 unspecified atom stereocenters. The van der Waals surface area contributed by atoms with Crippen LogP contribution in [0.3, 0.4) is 0 Å². The second kappa shape index (κ2) is 18.7. The predicted octanol–water partition coefficient (Wildman–Crippen LogP) is 8.64. The Labute approximate surface area is 168 Å². The van der Waals surface area contributed by atoms with Crippen LogP contribution in [-0.2, 0) is 0 Å². The minimum atomic E-state index is -0.527. The van der Waals surface area contributed by atoms with Gasteiger partial charge in [-0.15, -0.1) is 9.24 Å². The van der Waals surface area contributed by atoms with Crippen molar-refractivity contribution >= 4 is 9.24 Å². The lowest BCUT2D eigenvalue weighted by Crippen LogP contribution is -2.31. The molecule has 0 aromatic rings. The first-order chi connectivity index (χ1) is 12.6. The van der Waals surface area contributed by atoms with Crippen LogP contribution in [0.4, 0.5) is 0 Å². The first kappa shape index (κ1) is 26.4. The van der Waals surface area contributed by atoms with E-state index in [0.29, 0.717) is 5.92 Å². The highest BCUT2D eigenvalue weighted by molar-refractivity contribution is 7.18. The van der Waals surface area contributed by atoms with Gasteiger partial charge in [-0.2, -0.15) is 0 Å². The van der Waals surface area contributed by atoms with Crippen LogP contribution in [0.5, 0.6) is 0 Å². The highest BCUT2D eigenvalue weighted by Crippen LogP contribution is 2.38. The van der Waals surface area contributed by atoms with Crippen molar-refractivity contribution in [3.63, 3.8) is 0 Å². The number of hydrogen-bond donors (Lipinski definition) is 1. The Kier molecular flexibility index (Phi) is 19.0. The molecule has 158 valence electrons. The Morgan fingerprint density at radius 3 is 1.38 bits per heavy atom. The first-order valence-corrected chi connectivity index (χ1v) is 12.7. The van der Waals surface area contributed by atoms with Gasteiger partial charge in [-0.3, -0.25) is 0 Å². The zero-order valence-corrected chi connectivity index (χ0v) is 19.7. The summed E-state index contributed by atoms with van der Waals surface area (Å²) in [5.74, 6) is 0.478. The summed E-state index contributed by atoms with van der Waals surface area (Å²) in [7, 11) is 2.86. The average Bonchev–Trinajstić information content (AvgIpc) is 2.62. The number of aliphatic hydroxyl groups is 1. The molecule has 0 rings (SSSR count). The third-order valence-electron chi connectivity index (χ3n) is 5.95. The van der Waals surface area contributed by atoms with Crippen molar-refractivity contribution in [1.29, 1.82) is 0 Å². The fourth-order valence-corrected chi connectivity index (χ4v) is 4.56. The Bertz CT molecular complexity index is 277. The van der Waals surface area contributed by atoms with Crippen LogP contribution in [0, 0.1) is 5.92 Å². The van der Waals surface area contributed by atoms with E-state index in [0.717, 1.165) is 6.42 Å². The molecule has 0 aromatic carbocycles. The fraction of sp³-hybridized carbons (Fsp3) is 1.00. The molecule has 0 radical (unpaired) electrons. The van der Waals surface area contributed by atoms with Crippen LogP contribution in [0.2, 0.25) is 0 Å². The number of unbranched alkanes of at least 4 members (excludes halogenated alkanes) is 13. The second-order valence-electron chi connectivity index (χ2n) is 8.61. The van der Waals surface area contributed by atoms with Crippen LogP contribution in [0.25, 0.3) is 0 Å². The van der Waals surface area contributed by atoms with Crippen molar-refractivity contribution in [3.05, 3.63) is 0 Å². The lowest BCUT2D eigenvalue weighted by atomic mass is 9.86. The Hall–Kier alpha value is 0.390. The normalized spacial score (nSPS) is 15.1. The van der Waals surface area contributed by atoms with Crippen molar-refractivity contribution in [2.45, 2.75) is 148 Å². The predicted molar refractivity (Wildman–Crippen MR) is 123 cm³/mol. The lowest BCUT2D eigenvalue weighted by Gasteiger charge is -2.33. The molecular weight excluding hydrogens is 335 g/mol. The van der Waals surface area contributed by atoms with Crippen molar-refractivity contribution in [1.82, 2.24) is 0 Å². The van der Waals surface area contributed by atoms with Gasteiger partial charge in [0.1, 0.15) is 0 Å². The topological polar surface area (TPSA) is 20.2 Å². The summed E-state index contributed by atoms with van der Waals surface area (Å²) in [4.78, 5) is 0. The van der Waals surface area contributed by atoms with Gasteiger partial charge in [0.05, 0.1) is 5.34 Å². The van der Waals surface area contributed by atoms with Gasteiger partial charge in [-0.1, -0.05) is 124 Å². The van der Waals surface area contributed by atoms with Gasteiger partial charge in [0.15, 0.2) is 0 Å². The Balaban J connectivity index is 4.20. The van der Waals surface area contributed by atoms with E-state index in [1.165, 1.54) is 116 Å². The molecular formula is C24H51OP. The molecule has 2 heteroatoms. The maximum Gasteiger partial charge on any atom is 0.0806 e. The molecule has 0 spiro atoms. The van der Waals surface area contributed by atoms with E-state index in [4.69, 9.17) is 0 Å². The molecule has 1 nitrogen and oxygen atoms in total. The molecule has 0 aliphatic rings. The molecule has 1 N–H and O–H groups in total. The standard InChI is InChI=1S/C24H51OP/c1-4-7-10-13-15-18-21-23(20-17-12-9-6-3)24(25,26)22-19-16-14-11-8-5-2/h23,25H,4-22,26H2,1-3H3. The van der Waals surface area contributed by atoms with Crippen LogP contribution in [-0.4, -0.2) is 10.4 Å². The molecule has 0 aliphatic heterocycles. The van der Waals surface area contributed by atoms with Crippen LogP contribution >= 0.6 is 9.24 Å². The van der Waals surface area contributed by atoms with Crippen molar-refractivity contribution in [2.24, 2.45) is 5.92 Å². The van der Waals surface area contributed by atoms with Gasteiger partial charge in [-0.25, -0.2) is 0 Å². The summed E-state index contributed by atoms with van der Waals surface area (Å²) in [5, 5.41) is 10.6. The van der Waals surface area contributed by atoms with E-state index in [1.54, 1.807) is 0 Å². The maximum absolute atomic E-state index is 11.1. The molecule has 0 saturated carbocycles. The first-order valence-electron chi connectivity index (χ1n) is 12.1. The largest absolute Gasteiger partial charge is 0.386 e. The average molecular weight is 387 g/mol. The molecule has 0 aromatic heterocycles. The number of rotatable bonds is 20. The van der Waals surface area contributed by atoms with E-state index in [-0.39, 0.29) is 0 Å².